The fourth-order valence-corrected chi connectivity index (χ4v) is 1.38. The number of aromatic nitrogens is 2. The second-order valence-corrected chi connectivity index (χ2v) is 3.51. The Morgan fingerprint density at radius 3 is 3.00 bits per heavy atom. The number of hydrogen-bond donors (Lipinski definition) is 2. The minimum Gasteiger partial charge on any atom is -0.507 e. The number of rotatable bonds is 4. The van der Waals surface area contributed by atoms with Crippen LogP contribution in [0.4, 0.5) is 4.39 Å². The monoisotopic (exact) mass is 251 g/mol. The van der Waals surface area contributed by atoms with Crippen LogP contribution in [0.3, 0.4) is 0 Å². The zero-order valence-corrected chi connectivity index (χ0v) is 9.26. The van der Waals surface area contributed by atoms with E-state index in [0.717, 1.165) is 12.1 Å². The lowest BCUT2D eigenvalue weighted by atomic mass is 10.2. The van der Waals surface area contributed by atoms with Crippen LogP contribution in [0.5, 0.6) is 5.75 Å². The molecule has 0 saturated carbocycles. The highest BCUT2D eigenvalue weighted by Gasteiger charge is 2.11. The first-order chi connectivity index (χ1) is 8.66. The van der Waals surface area contributed by atoms with Crippen molar-refractivity contribution in [2.45, 2.75) is 6.42 Å². The lowest BCUT2D eigenvalue weighted by molar-refractivity contribution is 0.0951. The lowest BCUT2D eigenvalue weighted by Gasteiger charge is -2.05. The molecule has 0 atom stereocenters. The third-order valence-corrected chi connectivity index (χ3v) is 2.25. The van der Waals surface area contributed by atoms with Gasteiger partial charge in [-0.1, -0.05) is 5.16 Å². The third-order valence-electron chi connectivity index (χ3n) is 2.25. The molecule has 1 amide bonds. The van der Waals surface area contributed by atoms with E-state index >= 15 is 0 Å². The van der Waals surface area contributed by atoms with Crippen molar-refractivity contribution in [3.05, 3.63) is 41.8 Å². The van der Waals surface area contributed by atoms with Crippen LogP contribution in [-0.2, 0) is 6.42 Å². The standard InChI is InChI=1S/C11H10FN3O3/c12-7-1-2-8(9(16)5-7)11(17)13-4-3-10-14-6-18-15-10/h1-2,5-6,16H,3-4H2,(H,13,17). The topological polar surface area (TPSA) is 88.3 Å². The number of aromatic hydroxyl groups is 1. The van der Waals surface area contributed by atoms with Crippen LogP contribution >= 0.6 is 0 Å². The zero-order chi connectivity index (χ0) is 13.0. The van der Waals surface area contributed by atoms with Gasteiger partial charge in [-0.15, -0.1) is 0 Å². The summed E-state index contributed by atoms with van der Waals surface area (Å²) in [6.07, 6.45) is 1.60. The largest absolute Gasteiger partial charge is 0.507 e. The summed E-state index contributed by atoms with van der Waals surface area (Å²) in [5, 5.41) is 15.5. The molecule has 18 heavy (non-hydrogen) atoms. The molecule has 0 unspecified atom stereocenters. The second-order valence-electron chi connectivity index (χ2n) is 3.51. The molecule has 0 saturated heterocycles. The molecule has 7 heteroatoms. The molecule has 0 aliphatic carbocycles. The predicted molar refractivity (Wildman–Crippen MR) is 58.4 cm³/mol. The summed E-state index contributed by atoms with van der Waals surface area (Å²) in [6.45, 7) is 0.287. The van der Waals surface area contributed by atoms with Crippen LogP contribution < -0.4 is 5.32 Å². The van der Waals surface area contributed by atoms with Gasteiger partial charge in [-0.3, -0.25) is 4.79 Å². The highest BCUT2D eigenvalue weighted by molar-refractivity contribution is 5.96. The molecule has 0 fully saturated rings. The van der Waals surface area contributed by atoms with Gasteiger partial charge in [0, 0.05) is 19.0 Å². The summed E-state index contributed by atoms with van der Waals surface area (Å²) >= 11 is 0. The Morgan fingerprint density at radius 1 is 1.50 bits per heavy atom. The molecule has 0 radical (unpaired) electrons. The van der Waals surface area contributed by atoms with E-state index in [1.165, 1.54) is 12.5 Å². The fourth-order valence-electron chi connectivity index (χ4n) is 1.38. The molecule has 1 aromatic heterocycles. The quantitative estimate of drug-likeness (QED) is 0.842. The van der Waals surface area contributed by atoms with Gasteiger partial charge in [0.25, 0.3) is 5.91 Å². The summed E-state index contributed by atoms with van der Waals surface area (Å²) in [5.41, 5.74) is 0.0181. The van der Waals surface area contributed by atoms with E-state index in [1.807, 2.05) is 0 Å². The van der Waals surface area contributed by atoms with Crippen LogP contribution in [0.1, 0.15) is 16.2 Å². The van der Waals surface area contributed by atoms with Gasteiger partial charge in [0.1, 0.15) is 11.6 Å². The van der Waals surface area contributed by atoms with Crippen LogP contribution in [0.2, 0.25) is 0 Å². The Labute approximate surface area is 101 Å². The van der Waals surface area contributed by atoms with Crippen molar-refractivity contribution in [1.82, 2.24) is 15.5 Å². The number of amides is 1. The molecule has 6 nitrogen and oxygen atoms in total. The number of phenols is 1. The summed E-state index contributed by atoms with van der Waals surface area (Å²) in [4.78, 5) is 15.4. The molecule has 0 aliphatic rings. The van der Waals surface area contributed by atoms with Crippen LogP contribution in [0, 0.1) is 5.82 Å². The van der Waals surface area contributed by atoms with E-state index in [1.54, 1.807) is 0 Å². The molecular weight excluding hydrogens is 241 g/mol. The van der Waals surface area contributed by atoms with Gasteiger partial charge in [0.15, 0.2) is 5.82 Å². The summed E-state index contributed by atoms with van der Waals surface area (Å²) in [7, 11) is 0. The Bertz CT molecular complexity index is 542. The molecule has 2 aromatic rings. The summed E-state index contributed by atoms with van der Waals surface area (Å²) < 4.78 is 17.3. The van der Waals surface area contributed by atoms with Crippen molar-refractivity contribution in [2.24, 2.45) is 0 Å². The average molecular weight is 251 g/mol. The van der Waals surface area contributed by atoms with Gasteiger partial charge in [0.2, 0.25) is 6.39 Å². The van der Waals surface area contributed by atoms with Crippen molar-refractivity contribution in [1.29, 1.82) is 0 Å². The molecule has 2 N–H and O–H groups in total. The minimum absolute atomic E-state index is 0.0181. The summed E-state index contributed by atoms with van der Waals surface area (Å²) in [5.74, 6) is -1.02. The van der Waals surface area contributed by atoms with Crippen molar-refractivity contribution >= 4 is 5.91 Å². The van der Waals surface area contributed by atoms with E-state index in [4.69, 9.17) is 0 Å². The van der Waals surface area contributed by atoms with E-state index in [-0.39, 0.29) is 12.1 Å². The van der Waals surface area contributed by atoms with Gasteiger partial charge in [-0.25, -0.2) is 4.39 Å². The molecular formula is C11H10FN3O3. The maximum absolute atomic E-state index is 12.7. The number of carbonyl (C=O) groups is 1. The molecule has 0 aliphatic heterocycles. The van der Waals surface area contributed by atoms with Gasteiger partial charge in [-0.2, -0.15) is 4.98 Å². The maximum Gasteiger partial charge on any atom is 0.255 e. The van der Waals surface area contributed by atoms with Crippen molar-refractivity contribution in [3.8, 4) is 5.75 Å². The van der Waals surface area contributed by atoms with Crippen molar-refractivity contribution in [3.63, 3.8) is 0 Å². The highest BCUT2D eigenvalue weighted by Crippen LogP contribution is 2.17. The third kappa shape index (κ3) is 2.82. The Hall–Kier alpha value is -2.44. The number of nitrogens with zero attached hydrogens (tertiary/aromatic N) is 2. The maximum atomic E-state index is 12.7. The van der Waals surface area contributed by atoms with Gasteiger partial charge in [0.05, 0.1) is 5.56 Å². The predicted octanol–water partition coefficient (Wildman–Crippen LogP) is 0.887. The molecule has 0 bridgehead atoms. The SMILES string of the molecule is O=C(NCCc1ncon1)c1ccc(F)cc1O. The van der Waals surface area contributed by atoms with E-state index in [2.05, 4.69) is 20.0 Å². The zero-order valence-electron chi connectivity index (χ0n) is 9.26. The number of hydrogen-bond acceptors (Lipinski definition) is 5. The van der Waals surface area contributed by atoms with Crippen molar-refractivity contribution < 1.29 is 18.8 Å². The first-order valence-corrected chi connectivity index (χ1v) is 5.19. The van der Waals surface area contributed by atoms with E-state index in [9.17, 15) is 14.3 Å². The number of halogens is 1. The van der Waals surface area contributed by atoms with Crippen molar-refractivity contribution in [2.75, 3.05) is 6.54 Å². The highest BCUT2D eigenvalue weighted by atomic mass is 19.1. The lowest BCUT2D eigenvalue weighted by Crippen LogP contribution is -2.26. The van der Waals surface area contributed by atoms with Crippen LogP contribution in [-0.4, -0.2) is 27.7 Å². The first-order valence-electron chi connectivity index (χ1n) is 5.19. The first kappa shape index (κ1) is 12.0. The molecule has 2 rings (SSSR count). The molecule has 94 valence electrons. The normalized spacial score (nSPS) is 10.3. The Morgan fingerprint density at radius 2 is 2.33 bits per heavy atom. The minimum atomic E-state index is -0.601. The summed E-state index contributed by atoms with van der Waals surface area (Å²) in [6, 6.07) is 3.20. The van der Waals surface area contributed by atoms with Gasteiger partial charge >= 0.3 is 0 Å². The van der Waals surface area contributed by atoms with Crippen LogP contribution in [0.15, 0.2) is 29.1 Å². The fraction of sp³-hybridized carbons (Fsp3) is 0.182. The van der Waals surface area contributed by atoms with Gasteiger partial charge < -0.3 is 14.9 Å². The van der Waals surface area contributed by atoms with Gasteiger partial charge in [-0.05, 0) is 12.1 Å². The number of carbonyl (C=O) groups excluding carboxylic acids is 1. The molecule has 1 aromatic carbocycles. The smallest absolute Gasteiger partial charge is 0.255 e. The molecule has 0 spiro atoms. The number of phenolic OH excluding ortho intramolecular Hbond substituents is 1. The van der Waals surface area contributed by atoms with E-state index < -0.39 is 17.5 Å². The second kappa shape index (κ2) is 5.26. The van der Waals surface area contributed by atoms with Crippen LogP contribution in [0.25, 0.3) is 0 Å². The Balaban J connectivity index is 1.91. The molecule has 1 heterocycles. The Kier molecular flexibility index (Phi) is 3.52. The van der Waals surface area contributed by atoms with E-state index in [0.29, 0.717) is 12.2 Å². The number of nitrogens with one attached hydrogen (secondary N) is 1. The number of benzene rings is 1. The average Bonchev–Trinajstić information content (AvgIpc) is 2.81.